The fourth-order valence-corrected chi connectivity index (χ4v) is 2.14. The van der Waals surface area contributed by atoms with E-state index < -0.39 is 5.82 Å². The number of hydrogen-bond donors (Lipinski definition) is 2. The van der Waals surface area contributed by atoms with Crippen LogP contribution in [-0.4, -0.2) is 5.11 Å². The van der Waals surface area contributed by atoms with Gasteiger partial charge in [-0.1, -0.05) is 28.1 Å². The molecular formula is C15H15BrFNO. The van der Waals surface area contributed by atoms with Crippen molar-refractivity contribution in [2.75, 3.05) is 0 Å². The van der Waals surface area contributed by atoms with Gasteiger partial charge in [-0.05, 0) is 42.3 Å². The molecule has 0 aliphatic rings. The fourth-order valence-electron chi connectivity index (χ4n) is 1.88. The van der Waals surface area contributed by atoms with Crippen molar-refractivity contribution in [3.05, 3.63) is 63.9 Å². The number of phenolic OH excluding ortho intramolecular Hbond substituents is 1. The van der Waals surface area contributed by atoms with Gasteiger partial charge in [0, 0.05) is 23.1 Å². The third kappa shape index (κ3) is 4.04. The summed E-state index contributed by atoms with van der Waals surface area (Å²) in [5.74, 6) is -0.471. The van der Waals surface area contributed by atoms with Crippen LogP contribution in [0.1, 0.15) is 24.1 Å². The largest absolute Gasteiger partial charge is 0.508 e. The Hall–Kier alpha value is -1.39. The van der Waals surface area contributed by atoms with E-state index in [9.17, 15) is 9.50 Å². The van der Waals surface area contributed by atoms with E-state index in [0.29, 0.717) is 6.54 Å². The highest BCUT2D eigenvalue weighted by Crippen LogP contribution is 2.18. The molecule has 0 saturated heterocycles. The second-order valence-electron chi connectivity index (χ2n) is 4.47. The Morgan fingerprint density at radius 1 is 1.21 bits per heavy atom. The van der Waals surface area contributed by atoms with Crippen LogP contribution in [0.4, 0.5) is 4.39 Å². The zero-order valence-electron chi connectivity index (χ0n) is 10.5. The SMILES string of the molecule is CC(NCc1cc(O)cc(F)c1)c1ccc(Br)cc1. The maximum absolute atomic E-state index is 13.1. The lowest BCUT2D eigenvalue weighted by molar-refractivity contribution is 0.466. The molecule has 2 aromatic rings. The van der Waals surface area contributed by atoms with E-state index in [0.717, 1.165) is 21.7 Å². The molecule has 2 aromatic carbocycles. The van der Waals surface area contributed by atoms with E-state index in [1.54, 1.807) is 6.07 Å². The standard InChI is InChI=1S/C15H15BrFNO/c1-10(12-2-4-13(16)5-3-12)18-9-11-6-14(17)8-15(19)7-11/h2-8,10,18-19H,9H2,1H3. The van der Waals surface area contributed by atoms with E-state index in [2.05, 4.69) is 21.2 Å². The summed E-state index contributed by atoms with van der Waals surface area (Å²) in [7, 11) is 0. The summed E-state index contributed by atoms with van der Waals surface area (Å²) in [5.41, 5.74) is 1.88. The number of halogens is 2. The van der Waals surface area contributed by atoms with Crippen LogP contribution in [0.5, 0.6) is 5.75 Å². The van der Waals surface area contributed by atoms with Crippen molar-refractivity contribution in [3.8, 4) is 5.75 Å². The van der Waals surface area contributed by atoms with Gasteiger partial charge in [-0.3, -0.25) is 0 Å². The molecule has 2 rings (SSSR count). The summed E-state index contributed by atoms with van der Waals surface area (Å²) in [6.07, 6.45) is 0. The molecule has 19 heavy (non-hydrogen) atoms. The van der Waals surface area contributed by atoms with Crippen molar-refractivity contribution in [3.63, 3.8) is 0 Å². The molecule has 1 atom stereocenters. The molecule has 0 amide bonds. The summed E-state index contributed by atoms with van der Waals surface area (Å²) in [5, 5.41) is 12.6. The molecule has 4 heteroatoms. The fraction of sp³-hybridized carbons (Fsp3) is 0.200. The van der Waals surface area contributed by atoms with Crippen molar-refractivity contribution < 1.29 is 9.50 Å². The van der Waals surface area contributed by atoms with Crippen molar-refractivity contribution in [1.29, 1.82) is 0 Å². The smallest absolute Gasteiger partial charge is 0.127 e. The van der Waals surface area contributed by atoms with Crippen LogP contribution in [-0.2, 0) is 6.54 Å². The van der Waals surface area contributed by atoms with Gasteiger partial charge >= 0.3 is 0 Å². The van der Waals surface area contributed by atoms with E-state index in [4.69, 9.17) is 0 Å². The Bertz CT molecular complexity index is 536. The number of nitrogens with one attached hydrogen (secondary N) is 1. The molecule has 0 radical (unpaired) electrons. The van der Waals surface area contributed by atoms with Crippen molar-refractivity contribution in [2.24, 2.45) is 0 Å². The van der Waals surface area contributed by atoms with Crippen LogP contribution in [0.25, 0.3) is 0 Å². The third-order valence-electron chi connectivity index (χ3n) is 2.92. The van der Waals surface area contributed by atoms with Crippen molar-refractivity contribution >= 4 is 15.9 Å². The minimum absolute atomic E-state index is 0.0481. The van der Waals surface area contributed by atoms with Crippen LogP contribution in [0, 0.1) is 5.82 Å². The molecule has 0 bridgehead atoms. The summed E-state index contributed by atoms with van der Waals surface area (Å²) < 4.78 is 14.2. The first kappa shape index (κ1) is 14.0. The van der Waals surface area contributed by atoms with Gasteiger partial charge < -0.3 is 10.4 Å². The number of rotatable bonds is 4. The molecule has 2 nitrogen and oxygen atoms in total. The number of hydrogen-bond acceptors (Lipinski definition) is 2. The molecule has 0 aliphatic heterocycles. The van der Waals surface area contributed by atoms with Crippen LogP contribution < -0.4 is 5.32 Å². The number of phenols is 1. The van der Waals surface area contributed by atoms with Gasteiger partial charge in [0.1, 0.15) is 11.6 Å². The molecule has 0 saturated carbocycles. The Morgan fingerprint density at radius 2 is 1.89 bits per heavy atom. The monoisotopic (exact) mass is 323 g/mol. The topological polar surface area (TPSA) is 32.3 Å². The van der Waals surface area contributed by atoms with Gasteiger partial charge in [-0.15, -0.1) is 0 Å². The molecule has 0 fully saturated rings. The van der Waals surface area contributed by atoms with E-state index in [1.807, 2.05) is 31.2 Å². The van der Waals surface area contributed by atoms with E-state index in [1.165, 1.54) is 6.07 Å². The zero-order chi connectivity index (χ0) is 13.8. The summed E-state index contributed by atoms with van der Waals surface area (Å²) >= 11 is 3.40. The lowest BCUT2D eigenvalue weighted by Crippen LogP contribution is -2.18. The molecule has 1 unspecified atom stereocenters. The van der Waals surface area contributed by atoms with Crippen LogP contribution in [0.2, 0.25) is 0 Å². The third-order valence-corrected chi connectivity index (χ3v) is 3.45. The predicted molar refractivity (Wildman–Crippen MR) is 77.5 cm³/mol. The second kappa shape index (κ2) is 6.17. The molecule has 100 valence electrons. The van der Waals surface area contributed by atoms with E-state index in [-0.39, 0.29) is 11.8 Å². The zero-order valence-corrected chi connectivity index (χ0v) is 12.1. The van der Waals surface area contributed by atoms with Crippen LogP contribution in [0.15, 0.2) is 46.9 Å². The van der Waals surface area contributed by atoms with Crippen LogP contribution >= 0.6 is 15.9 Å². The Morgan fingerprint density at radius 3 is 2.53 bits per heavy atom. The van der Waals surface area contributed by atoms with Crippen LogP contribution in [0.3, 0.4) is 0 Å². The maximum Gasteiger partial charge on any atom is 0.127 e. The summed E-state index contributed by atoms with van der Waals surface area (Å²) in [4.78, 5) is 0. The molecular weight excluding hydrogens is 309 g/mol. The highest BCUT2D eigenvalue weighted by Gasteiger charge is 2.06. The van der Waals surface area contributed by atoms with Gasteiger partial charge in [0.2, 0.25) is 0 Å². The Balaban J connectivity index is 1.99. The predicted octanol–water partition coefficient (Wildman–Crippen LogP) is 4.14. The lowest BCUT2D eigenvalue weighted by Gasteiger charge is -2.14. The molecule has 0 aromatic heterocycles. The number of aromatic hydroxyl groups is 1. The van der Waals surface area contributed by atoms with Gasteiger partial charge in [0.15, 0.2) is 0 Å². The normalized spacial score (nSPS) is 12.4. The Kier molecular flexibility index (Phi) is 4.56. The minimum atomic E-state index is -0.423. The molecule has 2 N–H and O–H groups in total. The van der Waals surface area contributed by atoms with E-state index >= 15 is 0 Å². The summed E-state index contributed by atoms with van der Waals surface area (Å²) in [6.45, 7) is 2.55. The average molecular weight is 324 g/mol. The van der Waals surface area contributed by atoms with Crippen molar-refractivity contribution in [1.82, 2.24) is 5.32 Å². The first-order chi connectivity index (χ1) is 9.04. The average Bonchev–Trinajstić information content (AvgIpc) is 2.36. The highest BCUT2D eigenvalue weighted by atomic mass is 79.9. The Labute approximate surface area is 120 Å². The van der Waals surface area contributed by atoms with Gasteiger partial charge in [0.25, 0.3) is 0 Å². The lowest BCUT2D eigenvalue weighted by atomic mass is 10.1. The first-order valence-corrected chi connectivity index (χ1v) is 6.81. The van der Waals surface area contributed by atoms with Gasteiger partial charge in [-0.2, -0.15) is 0 Å². The van der Waals surface area contributed by atoms with Gasteiger partial charge in [-0.25, -0.2) is 4.39 Å². The maximum atomic E-state index is 13.1. The quantitative estimate of drug-likeness (QED) is 0.886. The number of benzene rings is 2. The molecule has 0 heterocycles. The summed E-state index contributed by atoms with van der Waals surface area (Å²) in [6, 6.07) is 12.3. The van der Waals surface area contributed by atoms with Crippen molar-refractivity contribution in [2.45, 2.75) is 19.5 Å². The molecule has 0 aliphatic carbocycles. The minimum Gasteiger partial charge on any atom is -0.508 e. The molecule has 0 spiro atoms. The highest BCUT2D eigenvalue weighted by molar-refractivity contribution is 9.10. The second-order valence-corrected chi connectivity index (χ2v) is 5.39. The first-order valence-electron chi connectivity index (χ1n) is 6.02. The van der Waals surface area contributed by atoms with Gasteiger partial charge in [0.05, 0.1) is 0 Å².